The molecule has 1 aromatic heterocycles. The van der Waals surface area contributed by atoms with Crippen LogP contribution < -0.4 is 10.6 Å². The second-order valence-electron chi connectivity index (χ2n) is 8.48. The molecule has 0 bridgehead atoms. The molecule has 8 heteroatoms. The molecule has 1 fully saturated rings. The molecule has 8 nitrogen and oxygen atoms in total. The first kappa shape index (κ1) is 23.5. The fraction of sp³-hybridized carbons (Fsp3) is 0.385. The topological polar surface area (TPSA) is 106 Å². The Kier molecular flexibility index (Phi) is 7.91. The molecule has 2 aromatic carbocycles. The molecule has 4 rings (SSSR count). The highest BCUT2D eigenvalue weighted by Crippen LogP contribution is 2.29. The van der Waals surface area contributed by atoms with Gasteiger partial charge in [0.05, 0.1) is 12.5 Å². The van der Waals surface area contributed by atoms with Crippen molar-refractivity contribution in [3.63, 3.8) is 0 Å². The van der Waals surface area contributed by atoms with E-state index in [1.165, 1.54) is 0 Å². The smallest absolute Gasteiger partial charge is 0.315 e. The largest absolute Gasteiger partial charge is 0.466 e. The van der Waals surface area contributed by atoms with Gasteiger partial charge in [-0.05, 0) is 56.2 Å². The van der Waals surface area contributed by atoms with E-state index in [1.54, 1.807) is 0 Å². The minimum absolute atomic E-state index is 0.0242. The van der Waals surface area contributed by atoms with Gasteiger partial charge in [0.15, 0.2) is 0 Å². The fourth-order valence-electron chi connectivity index (χ4n) is 4.26. The van der Waals surface area contributed by atoms with E-state index in [4.69, 9.17) is 9.15 Å². The number of amides is 2. The lowest BCUT2D eigenvalue weighted by Gasteiger charge is -2.27. The van der Waals surface area contributed by atoms with Gasteiger partial charge in [-0.1, -0.05) is 48.5 Å². The van der Waals surface area contributed by atoms with E-state index in [0.717, 1.165) is 36.8 Å². The van der Waals surface area contributed by atoms with Crippen LogP contribution in [0.25, 0.3) is 11.5 Å². The highest BCUT2D eigenvalue weighted by Gasteiger charge is 2.28. The molecule has 0 spiro atoms. The van der Waals surface area contributed by atoms with Crippen LogP contribution >= 0.6 is 0 Å². The molecule has 2 amide bonds. The quantitative estimate of drug-likeness (QED) is 0.478. The summed E-state index contributed by atoms with van der Waals surface area (Å²) in [6, 6.07) is 18.2. The Morgan fingerprint density at radius 2 is 1.68 bits per heavy atom. The Balaban J connectivity index is 1.37. The highest BCUT2D eigenvalue weighted by atomic mass is 16.5. The molecule has 1 aliphatic rings. The van der Waals surface area contributed by atoms with Gasteiger partial charge in [-0.15, -0.1) is 10.2 Å². The van der Waals surface area contributed by atoms with E-state index in [0.29, 0.717) is 30.9 Å². The average Bonchev–Trinajstić information content (AvgIpc) is 3.38. The number of ether oxygens (including phenoxy) is 1. The lowest BCUT2D eigenvalue weighted by molar-refractivity contribution is -0.149. The van der Waals surface area contributed by atoms with Crippen molar-refractivity contribution in [3.8, 4) is 11.5 Å². The summed E-state index contributed by atoms with van der Waals surface area (Å²) < 4.78 is 11.1. The van der Waals surface area contributed by atoms with Crippen LogP contribution in [0.15, 0.2) is 65.1 Å². The van der Waals surface area contributed by atoms with Gasteiger partial charge in [0, 0.05) is 12.1 Å². The number of benzene rings is 2. The van der Waals surface area contributed by atoms with Gasteiger partial charge < -0.3 is 19.8 Å². The Labute approximate surface area is 199 Å². The number of esters is 1. The third-order valence-corrected chi connectivity index (χ3v) is 6.13. The Bertz CT molecular complexity index is 1060. The zero-order valence-corrected chi connectivity index (χ0v) is 19.3. The molecule has 3 aromatic rings. The SMILES string of the molecule is CCOC(=O)C1CCC(CNC(=O)N[C@@H](c2ccccc2)c2nnc(-c3ccccc3)o2)CC1. The highest BCUT2D eigenvalue weighted by molar-refractivity contribution is 5.75. The molecule has 1 aliphatic carbocycles. The number of hydrogen-bond acceptors (Lipinski definition) is 6. The van der Waals surface area contributed by atoms with Gasteiger partial charge in [-0.2, -0.15) is 0 Å². The summed E-state index contributed by atoms with van der Waals surface area (Å²) in [6.07, 6.45) is 3.36. The van der Waals surface area contributed by atoms with Crippen LogP contribution in [-0.2, 0) is 9.53 Å². The van der Waals surface area contributed by atoms with E-state index in [-0.39, 0.29) is 17.9 Å². The maximum atomic E-state index is 12.8. The van der Waals surface area contributed by atoms with Crippen LogP contribution in [0.1, 0.15) is 50.1 Å². The number of nitrogens with one attached hydrogen (secondary N) is 2. The number of aromatic nitrogens is 2. The minimum Gasteiger partial charge on any atom is -0.466 e. The predicted molar refractivity (Wildman–Crippen MR) is 127 cm³/mol. The lowest BCUT2D eigenvalue weighted by Crippen LogP contribution is -2.41. The third-order valence-electron chi connectivity index (χ3n) is 6.13. The molecule has 178 valence electrons. The van der Waals surface area contributed by atoms with Gasteiger partial charge in [-0.25, -0.2) is 4.79 Å². The van der Waals surface area contributed by atoms with E-state index < -0.39 is 6.04 Å². The van der Waals surface area contributed by atoms with Crippen LogP contribution in [0.3, 0.4) is 0 Å². The maximum Gasteiger partial charge on any atom is 0.315 e. The van der Waals surface area contributed by atoms with Crippen LogP contribution in [0.5, 0.6) is 0 Å². The third kappa shape index (κ3) is 6.01. The summed E-state index contributed by atoms with van der Waals surface area (Å²) >= 11 is 0. The second kappa shape index (κ2) is 11.4. The van der Waals surface area contributed by atoms with E-state index in [9.17, 15) is 9.59 Å². The first-order valence-corrected chi connectivity index (χ1v) is 11.8. The fourth-order valence-corrected chi connectivity index (χ4v) is 4.26. The second-order valence-corrected chi connectivity index (χ2v) is 8.48. The molecule has 1 heterocycles. The van der Waals surface area contributed by atoms with Crippen molar-refractivity contribution in [1.29, 1.82) is 0 Å². The summed E-state index contributed by atoms with van der Waals surface area (Å²) in [4.78, 5) is 24.7. The van der Waals surface area contributed by atoms with Crippen molar-refractivity contribution >= 4 is 12.0 Å². The number of hydrogen-bond donors (Lipinski definition) is 2. The molecule has 1 atom stereocenters. The van der Waals surface area contributed by atoms with Crippen molar-refractivity contribution in [3.05, 3.63) is 72.1 Å². The Hall–Kier alpha value is -3.68. The van der Waals surface area contributed by atoms with Gasteiger partial charge >= 0.3 is 12.0 Å². The van der Waals surface area contributed by atoms with Gasteiger partial charge in [0.25, 0.3) is 0 Å². The lowest BCUT2D eigenvalue weighted by atomic mass is 9.82. The molecule has 0 unspecified atom stereocenters. The zero-order chi connectivity index (χ0) is 23.8. The van der Waals surface area contributed by atoms with E-state index in [2.05, 4.69) is 20.8 Å². The number of urea groups is 1. The standard InChI is InChI=1S/C26H30N4O4/c1-2-33-25(31)21-15-13-18(14-16-21)17-27-26(32)28-22(19-9-5-3-6-10-19)24-30-29-23(34-24)20-11-7-4-8-12-20/h3-12,18,21-22H,2,13-17H2,1H3,(H2,27,28,32)/t18?,21?,22-/m0/s1. The van der Waals surface area contributed by atoms with Crippen LogP contribution in [-0.4, -0.2) is 35.3 Å². The van der Waals surface area contributed by atoms with Gasteiger partial charge in [0.2, 0.25) is 11.8 Å². The van der Waals surface area contributed by atoms with Crippen molar-refractivity contribution in [2.75, 3.05) is 13.2 Å². The first-order valence-electron chi connectivity index (χ1n) is 11.8. The monoisotopic (exact) mass is 462 g/mol. The van der Waals surface area contributed by atoms with Crippen molar-refractivity contribution < 1.29 is 18.7 Å². The van der Waals surface area contributed by atoms with E-state index in [1.807, 2.05) is 67.6 Å². The maximum absolute atomic E-state index is 12.8. The van der Waals surface area contributed by atoms with Gasteiger partial charge in [-0.3, -0.25) is 4.79 Å². The van der Waals surface area contributed by atoms with Gasteiger partial charge in [0.1, 0.15) is 6.04 Å². The van der Waals surface area contributed by atoms with Crippen LogP contribution in [0.4, 0.5) is 4.79 Å². The molecule has 0 radical (unpaired) electrons. The normalized spacial score (nSPS) is 18.6. The average molecular weight is 463 g/mol. The van der Waals surface area contributed by atoms with Crippen molar-refractivity contribution in [1.82, 2.24) is 20.8 Å². The molecule has 0 saturated heterocycles. The summed E-state index contributed by atoms with van der Waals surface area (Å²) in [5.74, 6) is 0.919. The summed E-state index contributed by atoms with van der Waals surface area (Å²) in [6.45, 7) is 2.78. The molecule has 34 heavy (non-hydrogen) atoms. The van der Waals surface area contributed by atoms with Crippen molar-refractivity contribution in [2.24, 2.45) is 11.8 Å². The van der Waals surface area contributed by atoms with Crippen LogP contribution in [0, 0.1) is 11.8 Å². The van der Waals surface area contributed by atoms with Crippen molar-refractivity contribution in [2.45, 2.75) is 38.6 Å². The Morgan fingerprint density at radius 1 is 1.00 bits per heavy atom. The van der Waals surface area contributed by atoms with E-state index >= 15 is 0 Å². The number of carbonyl (C=O) groups is 2. The minimum atomic E-state index is -0.578. The first-order chi connectivity index (χ1) is 16.6. The molecule has 0 aliphatic heterocycles. The summed E-state index contributed by atoms with van der Waals surface area (Å²) in [5, 5.41) is 14.3. The molecular weight excluding hydrogens is 432 g/mol. The molecule has 2 N–H and O–H groups in total. The number of carbonyl (C=O) groups excluding carboxylic acids is 2. The Morgan fingerprint density at radius 3 is 2.35 bits per heavy atom. The summed E-state index contributed by atoms with van der Waals surface area (Å²) in [5.41, 5.74) is 1.66. The number of nitrogens with zero attached hydrogens (tertiary/aromatic N) is 2. The molecule has 1 saturated carbocycles. The molecular formula is C26H30N4O4. The van der Waals surface area contributed by atoms with Crippen LogP contribution in [0.2, 0.25) is 0 Å². The summed E-state index contributed by atoms with van der Waals surface area (Å²) in [7, 11) is 0. The zero-order valence-electron chi connectivity index (χ0n) is 19.3. The predicted octanol–water partition coefficient (Wildman–Crippen LogP) is 4.49. The number of rotatable bonds is 8.